The molecule has 0 aliphatic heterocycles. The van der Waals surface area contributed by atoms with Crippen molar-refractivity contribution in [3.8, 4) is 0 Å². The molecule has 1 aliphatic rings. The lowest BCUT2D eigenvalue weighted by Crippen LogP contribution is -2.43. The molecule has 17 heavy (non-hydrogen) atoms. The zero-order chi connectivity index (χ0) is 12.6. The topological polar surface area (TPSA) is 30.5 Å². The van der Waals surface area contributed by atoms with Crippen LogP contribution in [0.1, 0.15) is 46.0 Å². The summed E-state index contributed by atoms with van der Waals surface area (Å²) in [6.45, 7) is 8.34. The van der Waals surface area contributed by atoms with Crippen molar-refractivity contribution in [2.75, 3.05) is 33.4 Å². The van der Waals surface area contributed by atoms with E-state index in [1.807, 2.05) is 0 Å². The smallest absolute Gasteiger partial charge is 0.0694 e. The van der Waals surface area contributed by atoms with E-state index < -0.39 is 0 Å². The average molecular weight is 243 g/mol. The van der Waals surface area contributed by atoms with Crippen molar-refractivity contribution in [1.82, 2.24) is 5.32 Å². The van der Waals surface area contributed by atoms with E-state index in [9.17, 15) is 0 Å². The second kappa shape index (κ2) is 8.06. The third kappa shape index (κ3) is 5.84. The van der Waals surface area contributed by atoms with Gasteiger partial charge in [0.2, 0.25) is 0 Å². The number of hydrogen-bond acceptors (Lipinski definition) is 3. The van der Waals surface area contributed by atoms with Gasteiger partial charge >= 0.3 is 0 Å². The van der Waals surface area contributed by atoms with Gasteiger partial charge in [0.15, 0.2) is 0 Å². The van der Waals surface area contributed by atoms with Gasteiger partial charge in [0.1, 0.15) is 0 Å². The van der Waals surface area contributed by atoms with Crippen LogP contribution in [-0.4, -0.2) is 39.0 Å². The molecule has 0 bridgehead atoms. The highest BCUT2D eigenvalue weighted by molar-refractivity contribution is 4.90. The summed E-state index contributed by atoms with van der Waals surface area (Å²) in [4.78, 5) is 0. The summed E-state index contributed by atoms with van der Waals surface area (Å²) in [7, 11) is 1.74. The van der Waals surface area contributed by atoms with Crippen LogP contribution in [0.3, 0.4) is 0 Å². The first-order valence-corrected chi connectivity index (χ1v) is 7.02. The summed E-state index contributed by atoms with van der Waals surface area (Å²) < 4.78 is 11.1. The highest BCUT2D eigenvalue weighted by Crippen LogP contribution is 2.38. The first kappa shape index (κ1) is 14.9. The van der Waals surface area contributed by atoms with E-state index >= 15 is 0 Å². The summed E-state index contributed by atoms with van der Waals surface area (Å²) in [6.07, 6.45) is 5.98. The Morgan fingerprint density at radius 3 is 2.53 bits per heavy atom. The fourth-order valence-electron chi connectivity index (χ4n) is 2.24. The number of hydrogen-bond donors (Lipinski definition) is 1. The molecule has 0 heterocycles. The van der Waals surface area contributed by atoms with Crippen molar-refractivity contribution in [2.24, 2.45) is 5.92 Å². The van der Waals surface area contributed by atoms with Crippen molar-refractivity contribution >= 4 is 0 Å². The maximum atomic E-state index is 6.05. The van der Waals surface area contributed by atoms with E-state index in [0.29, 0.717) is 0 Å². The second-order valence-electron chi connectivity index (χ2n) is 5.58. The van der Waals surface area contributed by atoms with E-state index in [0.717, 1.165) is 45.1 Å². The lowest BCUT2D eigenvalue weighted by molar-refractivity contribution is -0.107. The monoisotopic (exact) mass is 243 g/mol. The molecule has 0 radical (unpaired) electrons. The molecule has 1 N–H and O–H groups in total. The van der Waals surface area contributed by atoms with Crippen LogP contribution in [-0.2, 0) is 9.47 Å². The Bertz CT molecular complexity index is 191. The maximum absolute atomic E-state index is 6.05. The molecule has 0 aromatic carbocycles. The number of ether oxygens (including phenoxy) is 2. The van der Waals surface area contributed by atoms with E-state index in [1.54, 1.807) is 7.11 Å². The molecule has 0 unspecified atom stereocenters. The summed E-state index contributed by atoms with van der Waals surface area (Å²) in [5.74, 6) is 0.731. The average Bonchev–Trinajstić information content (AvgIpc) is 2.24. The Balaban J connectivity index is 2.08. The Kier molecular flexibility index (Phi) is 7.09. The highest BCUT2D eigenvalue weighted by atomic mass is 16.5. The zero-order valence-corrected chi connectivity index (χ0v) is 11.8. The van der Waals surface area contributed by atoms with Gasteiger partial charge in [0.05, 0.1) is 5.60 Å². The fraction of sp³-hybridized carbons (Fsp3) is 1.00. The summed E-state index contributed by atoms with van der Waals surface area (Å²) >= 11 is 0. The van der Waals surface area contributed by atoms with Gasteiger partial charge in [-0.15, -0.1) is 0 Å². The third-order valence-corrected chi connectivity index (χ3v) is 3.48. The minimum Gasteiger partial charge on any atom is -0.385 e. The first-order chi connectivity index (χ1) is 8.18. The van der Waals surface area contributed by atoms with Crippen molar-refractivity contribution in [1.29, 1.82) is 0 Å². The Morgan fingerprint density at radius 2 is 2.00 bits per heavy atom. The highest BCUT2D eigenvalue weighted by Gasteiger charge is 2.37. The van der Waals surface area contributed by atoms with Crippen LogP contribution < -0.4 is 5.32 Å². The number of methoxy groups -OCH3 is 1. The Morgan fingerprint density at radius 1 is 1.24 bits per heavy atom. The lowest BCUT2D eigenvalue weighted by atomic mass is 9.77. The van der Waals surface area contributed by atoms with Crippen molar-refractivity contribution in [2.45, 2.75) is 51.6 Å². The van der Waals surface area contributed by atoms with Gasteiger partial charge in [-0.1, -0.05) is 13.8 Å². The molecule has 0 amide bonds. The molecule has 0 saturated heterocycles. The van der Waals surface area contributed by atoms with Crippen LogP contribution in [0.2, 0.25) is 0 Å². The number of rotatable bonds is 10. The summed E-state index contributed by atoms with van der Waals surface area (Å²) in [5.41, 5.74) is 0.192. The third-order valence-electron chi connectivity index (χ3n) is 3.48. The maximum Gasteiger partial charge on any atom is 0.0694 e. The van der Waals surface area contributed by atoms with E-state index in [-0.39, 0.29) is 5.60 Å². The van der Waals surface area contributed by atoms with Gasteiger partial charge in [-0.05, 0) is 51.1 Å². The Hall–Kier alpha value is -0.120. The van der Waals surface area contributed by atoms with Crippen molar-refractivity contribution in [3.63, 3.8) is 0 Å². The minimum absolute atomic E-state index is 0.192. The quantitative estimate of drug-likeness (QED) is 0.598. The van der Waals surface area contributed by atoms with E-state index in [4.69, 9.17) is 9.47 Å². The van der Waals surface area contributed by atoms with Gasteiger partial charge < -0.3 is 14.8 Å². The van der Waals surface area contributed by atoms with Crippen LogP contribution >= 0.6 is 0 Å². The first-order valence-electron chi connectivity index (χ1n) is 7.02. The van der Waals surface area contributed by atoms with Crippen LogP contribution in [0.25, 0.3) is 0 Å². The molecule has 1 saturated carbocycles. The predicted molar refractivity (Wildman–Crippen MR) is 71.4 cm³/mol. The van der Waals surface area contributed by atoms with Gasteiger partial charge in [-0.25, -0.2) is 0 Å². The van der Waals surface area contributed by atoms with Crippen LogP contribution in [0.15, 0.2) is 0 Å². The van der Waals surface area contributed by atoms with Crippen LogP contribution in [0, 0.1) is 5.92 Å². The molecule has 0 spiro atoms. The van der Waals surface area contributed by atoms with Crippen LogP contribution in [0.5, 0.6) is 0 Å². The molecule has 1 aliphatic carbocycles. The van der Waals surface area contributed by atoms with Gasteiger partial charge in [-0.3, -0.25) is 0 Å². The molecular weight excluding hydrogens is 214 g/mol. The largest absolute Gasteiger partial charge is 0.385 e. The van der Waals surface area contributed by atoms with Gasteiger partial charge in [-0.2, -0.15) is 0 Å². The molecular formula is C14H29NO2. The molecule has 102 valence electrons. The Labute approximate surface area is 106 Å². The molecule has 0 atom stereocenters. The van der Waals surface area contributed by atoms with Crippen LogP contribution in [0.4, 0.5) is 0 Å². The summed E-state index contributed by atoms with van der Waals surface area (Å²) in [5, 5.41) is 3.51. The fourth-order valence-corrected chi connectivity index (χ4v) is 2.24. The van der Waals surface area contributed by atoms with E-state index in [1.165, 1.54) is 19.3 Å². The predicted octanol–water partition coefficient (Wildman–Crippen LogP) is 2.60. The molecule has 1 fully saturated rings. The number of nitrogens with one attached hydrogen (secondary N) is 1. The lowest BCUT2D eigenvalue weighted by Gasteiger charge is -2.42. The second-order valence-corrected chi connectivity index (χ2v) is 5.58. The molecule has 0 aromatic rings. The SMILES string of the molecule is COCCCOC1(CCNCC(C)C)CCC1. The molecule has 1 rings (SSSR count). The van der Waals surface area contributed by atoms with Crippen molar-refractivity contribution in [3.05, 3.63) is 0 Å². The molecule has 3 heteroatoms. The minimum atomic E-state index is 0.192. The standard InChI is InChI=1S/C14H29NO2/c1-13(2)12-15-9-8-14(6-4-7-14)17-11-5-10-16-3/h13,15H,4-12H2,1-3H3. The zero-order valence-electron chi connectivity index (χ0n) is 11.8. The van der Waals surface area contributed by atoms with Gasteiger partial charge in [0, 0.05) is 20.3 Å². The van der Waals surface area contributed by atoms with E-state index in [2.05, 4.69) is 19.2 Å². The van der Waals surface area contributed by atoms with Crippen molar-refractivity contribution < 1.29 is 9.47 Å². The molecule has 0 aromatic heterocycles. The van der Waals surface area contributed by atoms with Gasteiger partial charge in [0.25, 0.3) is 0 Å². The molecule has 3 nitrogen and oxygen atoms in total. The summed E-state index contributed by atoms with van der Waals surface area (Å²) in [6, 6.07) is 0. The normalized spacial score (nSPS) is 18.4.